The van der Waals surface area contributed by atoms with Crippen LogP contribution in [0.3, 0.4) is 0 Å². The Morgan fingerprint density at radius 1 is 1.50 bits per heavy atom. The molecule has 0 bridgehead atoms. The summed E-state index contributed by atoms with van der Waals surface area (Å²) < 4.78 is 0. The van der Waals surface area contributed by atoms with Crippen molar-refractivity contribution in [2.75, 3.05) is 0 Å². The lowest BCUT2D eigenvalue weighted by molar-refractivity contribution is -0.113. The summed E-state index contributed by atoms with van der Waals surface area (Å²) in [6.07, 6.45) is 6.64. The molecule has 0 saturated heterocycles. The zero-order valence-electron chi connectivity index (χ0n) is 8.05. The normalized spacial score (nSPS) is 12.1. The van der Waals surface area contributed by atoms with E-state index in [9.17, 15) is 4.79 Å². The predicted molar refractivity (Wildman–Crippen MR) is 53.0 cm³/mol. The Morgan fingerprint density at radius 2 is 2.08 bits per heavy atom. The average molecular weight is 164 g/mol. The van der Waals surface area contributed by atoms with Crippen molar-refractivity contribution in [2.24, 2.45) is 0 Å². The monoisotopic (exact) mass is 164 g/mol. The van der Waals surface area contributed by atoms with Gasteiger partial charge in [0, 0.05) is 5.57 Å². The minimum Gasteiger partial charge on any atom is -0.295 e. The van der Waals surface area contributed by atoms with Crippen LogP contribution in [0.1, 0.15) is 27.2 Å². The summed E-state index contributed by atoms with van der Waals surface area (Å²) in [6, 6.07) is 0. The van der Waals surface area contributed by atoms with Crippen molar-refractivity contribution in [3.05, 3.63) is 36.0 Å². The highest BCUT2D eigenvalue weighted by atomic mass is 16.1. The Bertz CT molecular complexity index is 231. The number of Topliss-reactive ketones (excluding diaryl/α,β-unsaturated/α-hetero) is 1. The molecule has 0 heterocycles. The Hall–Kier alpha value is -1.11. The van der Waals surface area contributed by atoms with Crippen molar-refractivity contribution in [2.45, 2.75) is 27.2 Å². The van der Waals surface area contributed by atoms with Gasteiger partial charge in [-0.1, -0.05) is 31.7 Å². The molecule has 0 aromatic heterocycles. The lowest BCUT2D eigenvalue weighted by atomic mass is 10.0. The van der Waals surface area contributed by atoms with Gasteiger partial charge in [-0.3, -0.25) is 4.79 Å². The van der Waals surface area contributed by atoms with Crippen molar-refractivity contribution in [1.29, 1.82) is 0 Å². The molecular formula is C11H16O. The molecule has 0 aliphatic rings. The van der Waals surface area contributed by atoms with E-state index in [2.05, 4.69) is 6.58 Å². The first-order chi connectivity index (χ1) is 5.63. The van der Waals surface area contributed by atoms with Crippen LogP contribution in [0, 0.1) is 0 Å². The fourth-order valence-corrected chi connectivity index (χ4v) is 0.870. The van der Waals surface area contributed by atoms with E-state index in [-0.39, 0.29) is 5.78 Å². The Morgan fingerprint density at radius 3 is 2.42 bits per heavy atom. The minimum atomic E-state index is 0.0487. The molecule has 0 N–H and O–H groups in total. The average Bonchev–Trinajstić information content (AvgIpc) is 2.05. The minimum absolute atomic E-state index is 0.0487. The Kier molecular flexibility index (Phi) is 5.02. The van der Waals surface area contributed by atoms with Gasteiger partial charge >= 0.3 is 0 Å². The molecule has 0 fully saturated rings. The van der Waals surface area contributed by atoms with Crippen LogP contribution < -0.4 is 0 Å². The highest BCUT2D eigenvalue weighted by Gasteiger charge is 2.03. The van der Waals surface area contributed by atoms with Crippen molar-refractivity contribution in [1.82, 2.24) is 0 Å². The molecule has 1 nitrogen and oxygen atoms in total. The molecule has 0 aromatic carbocycles. The maximum Gasteiger partial charge on any atom is 0.159 e. The van der Waals surface area contributed by atoms with Crippen LogP contribution in [0.25, 0.3) is 0 Å². The van der Waals surface area contributed by atoms with E-state index in [1.807, 2.05) is 32.1 Å². The van der Waals surface area contributed by atoms with Gasteiger partial charge in [-0.25, -0.2) is 0 Å². The first kappa shape index (κ1) is 10.9. The van der Waals surface area contributed by atoms with E-state index in [0.29, 0.717) is 5.57 Å². The van der Waals surface area contributed by atoms with Gasteiger partial charge in [0.2, 0.25) is 0 Å². The van der Waals surface area contributed by atoms with E-state index in [0.717, 1.165) is 12.0 Å². The number of rotatable bonds is 4. The second-order valence-corrected chi connectivity index (χ2v) is 2.61. The van der Waals surface area contributed by atoms with Gasteiger partial charge in [-0.15, -0.1) is 0 Å². The summed E-state index contributed by atoms with van der Waals surface area (Å²) in [5, 5.41) is 0. The highest BCUT2D eigenvalue weighted by molar-refractivity contribution is 5.97. The quantitative estimate of drug-likeness (QED) is 0.461. The van der Waals surface area contributed by atoms with Crippen LogP contribution in [0.5, 0.6) is 0 Å². The second kappa shape index (κ2) is 5.53. The van der Waals surface area contributed by atoms with Crippen molar-refractivity contribution in [3.8, 4) is 0 Å². The molecule has 0 aliphatic heterocycles. The molecular weight excluding hydrogens is 148 g/mol. The lowest BCUT2D eigenvalue weighted by Crippen LogP contribution is -1.97. The molecule has 0 aliphatic carbocycles. The number of hydrogen-bond donors (Lipinski definition) is 0. The van der Waals surface area contributed by atoms with Crippen molar-refractivity contribution < 1.29 is 4.79 Å². The van der Waals surface area contributed by atoms with E-state index >= 15 is 0 Å². The van der Waals surface area contributed by atoms with Crippen LogP contribution in [0.15, 0.2) is 36.0 Å². The highest BCUT2D eigenvalue weighted by Crippen LogP contribution is 2.12. The maximum atomic E-state index is 10.9. The van der Waals surface area contributed by atoms with Gasteiger partial charge in [0.05, 0.1) is 0 Å². The molecule has 1 heteroatoms. The summed E-state index contributed by atoms with van der Waals surface area (Å²) in [4.78, 5) is 10.9. The summed E-state index contributed by atoms with van der Waals surface area (Å²) >= 11 is 0. The molecule has 0 amide bonds. The topological polar surface area (TPSA) is 17.1 Å². The van der Waals surface area contributed by atoms with Crippen molar-refractivity contribution in [3.63, 3.8) is 0 Å². The number of ketones is 1. The fraction of sp³-hybridized carbons (Fsp3) is 0.364. The molecule has 0 saturated carbocycles. The summed E-state index contributed by atoms with van der Waals surface area (Å²) in [5.74, 6) is 0.0487. The van der Waals surface area contributed by atoms with Gasteiger partial charge in [0.1, 0.15) is 0 Å². The van der Waals surface area contributed by atoms with E-state index in [1.165, 1.54) is 0 Å². The zero-order valence-corrected chi connectivity index (χ0v) is 8.05. The van der Waals surface area contributed by atoms with Gasteiger partial charge in [-0.05, 0) is 25.8 Å². The largest absolute Gasteiger partial charge is 0.295 e. The maximum absolute atomic E-state index is 10.9. The van der Waals surface area contributed by atoms with E-state index in [4.69, 9.17) is 0 Å². The molecule has 0 radical (unpaired) electrons. The fourth-order valence-electron chi connectivity index (χ4n) is 0.870. The van der Waals surface area contributed by atoms with Gasteiger partial charge in [0.15, 0.2) is 5.78 Å². The number of hydrogen-bond acceptors (Lipinski definition) is 1. The van der Waals surface area contributed by atoms with E-state index < -0.39 is 0 Å². The standard InChI is InChI=1S/C11H16O/c1-5-7-8-11(6-2)9(3)10(4)12/h5,7-8H,3,6H2,1-2,4H3/b7-5-,11-8-. The molecule has 0 spiro atoms. The van der Waals surface area contributed by atoms with Gasteiger partial charge in [0.25, 0.3) is 0 Å². The predicted octanol–water partition coefficient (Wildman–Crippen LogP) is 3.04. The molecule has 0 atom stereocenters. The molecule has 0 unspecified atom stereocenters. The smallest absolute Gasteiger partial charge is 0.159 e. The summed E-state index contributed by atoms with van der Waals surface area (Å²) in [7, 11) is 0. The number of allylic oxidation sites excluding steroid dienone is 5. The third-order valence-electron chi connectivity index (χ3n) is 1.68. The Labute approximate surface area is 74.5 Å². The van der Waals surface area contributed by atoms with Crippen LogP contribution in [0.4, 0.5) is 0 Å². The van der Waals surface area contributed by atoms with Gasteiger partial charge in [-0.2, -0.15) is 0 Å². The Balaban J connectivity index is 4.56. The first-order valence-electron chi connectivity index (χ1n) is 4.15. The van der Waals surface area contributed by atoms with Crippen LogP contribution in [0.2, 0.25) is 0 Å². The lowest BCUT2D eigenvalue weighted by Gasteiger charge is -2.02. The first-order valence-corrected chi connectivity index (χ1v) is 4.15. The third-order valence-corrected chi connectivity index (χ3v) is 1.68. The molecule has 0 aromatic rings. The summed E-state index contributed by atoms with van der Waals surface area (Å²) in [5.41, 5.74) is 1.64. The second-order valence-electron chi connectivity index (χ2n) is 2.61. The number of carbonyl (C=O) groups excluding carboxylic acids is 1. The molecule has 12 heavy (non-hydrogen) atoms. The van der Waals surface area contributed by atoms with E-state index in [1.54, 1.807) is 6.92 Å². The van der Waals surface area contributed by atoms with Gasteiger partial charge < -0.3 is 0 Å². The zero-order chi connectivity index (χ0) is 9.56. The van der Waals surface area contributed by atoms with Crippen LogP contribution in [-0.4, -0.2) is 5.78 Å². The third kappa shape index (κ3) is 3.33. The number of carbonyl (C=O) groups is 1. The SMILES string of the molecule is C=C(C(C)=O)/C(=C\C=C/C)CC. The molecule has 66 valence electrons. The van der Waals surface area contributed by atoms with Crippen molar-refractivity contribution >= 4 is 5.78 Å². The van der Waals surface area contributed by atoms with Crippen LogP contribution in [-0.2, 0) is 4.79 Å². The molecule has 0 rings (SSSR count). The summed E-state index contributed by atoms with van der Waals surface area (Å²) in [6.45, 7) is 9.23. The van der Waals surface area contributed by atoms with Crippen LogP contribution >= 0.6 is 0 Å².